The zero-order valence-corrected chi connectivity index (χ0v) is 3.18. The van der Waals surface area contributed by atoms with Crippen molar-refractivity contribution < 1.29 is 9.90 Å². The van der Waals surface area contributed by atoms with Gasteiger partial charge in [-0.15, -0.1) is 0 Å². The van der Waals surface area contributed by atoms with Crippen LogP contribution in [0.3, 0.4) is 0 Å². The molecule has 33 valence electrons. The van der Waals surface area contributed by atoms with Crippen LogP contribution < -0.4 is 0 Å². The Morgan fingerprint density at radius 2 is 2.00 bits per heavy atom. The van der Waals surface area contributed by atoms with Crippen LogP contribution in [0.25, 0.3) is 0 Å². The van der Waals surface area contributed by atoms with Crippen molar-refractivity contribution in [3.05, 3.63) is 0 Å². The van der Waals surface area contributed by atoms with Gasteiger partial charge in [0, 0.05) is 13.1 Å². The third kappa shape index (κ3) is 0.429. The fourth-order valence-electron chi connectivity index (χ4n) is 0.233. The van der Waals surface area contributed by atoms with Crippen molar-refractivity contribution in [2.24, 2.45) is 0 Å². The molecule has 0 saturated carbocycles. The van der Waals surface area contributed by atoms with Crippen LogP contribution in [-0.2, 0) is 5.11 Å². The summed E-state index contributed by atoms with van der Waals surface area (Å²) in [6.07, 6.45) is -1.05. The monoisotopic (exact) mass is 86.0 g/mol. The molecule has 0 N–H and O–H groups in total. The highest BCUT2D eigenvalue weighted by molar-refractivity contribution is 5.66. The van der Waals surface area contributed by atoms with Crippen LogP contribution in [0.2, 0.25) is 0 Å². The molecule has 1 amide bonds. The van der Waals surface area contributed by atoms with Crippen LogP contribution in [0.5, 0.6) is 0 Å². The molecule has 0 aromatic rings. The van der Waals surface area contributed by atoms with Crippen molar-refractivity contribution in [1.29, 1.82) is 0 Å². The molecule has 0 aromatic heterocycles. The molecule has 3 heteroatoms. The Labute approximate surface area is 35.2 Å². The van der Waals surface area contributed by atoms with E-state index >= 15 is 0 Å². The van der Waals surface area contributed by atoms with E-state index in [9.17, 15) is 9.90 Å². The molecule has 0 unspecified atom stereocenters. The zero-order valence-electron chi connectivity index (χ0n) is 3.18. The van der Waals surface area contributed by atoms with Crippen LogP contribution in [0.1, 0.15) is 0 Å². The fourth-order valence-corrected chi connectivity index (χ4v) is 0.233. The summed E-state index contributed by atoms with van der Waals surface area (Å²) in [5.41, 5.74) is 0. The normalized spacial score (nSPS) is 17.7. The highest BCUT2D eigenvalue weighted by Crippen LogP contribution is 2.01. The zero-order chi connectivity index (χ0) is 4.57. The van der Waals surface area contributed by atoms with Crippen molar-refractivity contribution in [1.82, 2.24) is 4.90 Å². The minimum absolute atomic E-state index is 0.669. The van der Waals surface area contributed by atoms with Gasteiger partial charge in [0.25, 0.3) is 0 Å². The van der Waals surface area contributed by atoms with Gasteiger partial charge < -0.3 is 4.90 Å². The van der Waals surface area contributed by atoms with E-state index in [2.05, 4.69) is 0 Å². The fraction of sp³-hybridized carbons (Fsp3) is 0.667. The molecule has 1 aliphatic heterocycles. The maximum absolute atomic E-state index is 9.58. The average molecular weight is 86.1 g/mol. The van der Waals surface area contributed by atoms with Crippen molar-refractivity contribution in [2.45, 2.75) is 0 Å². The van der Waals surface area contributed by atoms with Crippen molar-refractivity contribution in [3.63, 3.8) is 0 Å². The first-order chi connectivity index (χ1) is 2.80. The SMILES string of the molecule is [O]C(=O)N1CC1. The van der Waals surface area contributed by atoms with Gasteiger partial charge in [-0.3, -0.25) is 0 Å². The second-order valence-electron chi connectivity index (χ2n) is 1.25. The largest absolute Gasteiger partial charge is 0.453 e. The first-order valence-corrected chi connectivity index (χ1v) is 1.76. The number of nitrogens with zero attached hydrogens (tertiary/aromatic N) is 1. The molecule has 0 aliphatic carbocycles. The summed E-state index contributed by atoms with van der Waals surface area (Å²) in [5, 5.41) is 9.58. The Kier molecular flexibility index (Phi) is 0.498. The Hall–Kier alpha value is -0.730. The minimum atomic E-state index is -1.05. The predicted octanol–water partition coefficient (Wildman–Crippen LogP) is -0.147. The molecule has 3 nitrogen and oxygen atoms in total. The molecule has 0 spiro atoms. The number of amides is 1. The standard InChI is InChI=1S/C3H4NO2/c5-3(6)4-1-2-4/h1-2H2. The molecule has 1 aliphatic rings. The first-order valence-electron chi connectivity index (χ1n) is 1.76. The van der Waals surface area contributed by atoms with E-state index in [0.29, 0.717) is 13.1 Å². The molecule has 1 heterocycles. The van der Waals surface area contributed by atoms with Crippen LogP contribution in [0, 0.1) is 0 Å². The van der Waals surface area contributed by atoms with Crippen LogP contribution in [0.4, 0.5) is 4.79 Å². The number of carbonyl (C=O) groups is 1. The summed E-state index contributed by atoms with van der Waals surface area (Å²) < 4.78 is 0. The highest BCUT2D eigenvalue weighted by Gasteiger charge is 2.23. The van der Waals surface area contributed by atoms with Gasteiger partial charge in [-0.2, -0.15) is 0 Å². The maximum Gasteiger partial charge on any atom is 0.453 e. The molecule has 6 heavy (non-hydrogen) atoms. The van der Waals surface area contributed by atoms with E-state index in [4.69, 9.17) is 0 Å². The van der Waals surface area contributed by atoms with E-state index < -0.39 is 6.09 Å². The topological polar surface area (TPSA) is 40.0 Å². The van der Waals surface area contributed by atoms with E-state index in [1.165, 1.54) is 4.90 Å². The second kappa shape index (κ2) is 0.864. The summed E-state index contributed by atoms with van der Waals surface area (Å²) >= 11 is 0. The lowest BCUT2D eigenvalue weighted by molar-refractivity contribution is 0.152. The molecule has 1 rings (SSSR count). The van der Waals surface area contributed by atoms with Gasteiger partial charge in [-0.1, -0.05) is 0 Å². The van der Waals surface area contributed by atoms with Crippen molar-refractivity contribution >= 4 is 6.09 Å². The van der Waals surface area contributed by atoms with Gasteiger partial charge in [0.1, 0.15) is 0 Å². The number of rotatable bonds is 0. The molecule has 1 radical (unpaired) electrons. The maximum atomic E-state index is 9.58. The van der Waals surface area contributed by atoms with E-state index in [1.807, 2.05) is 0 Å². The average Bonchev–Trinajstić information content (AvgIpc) is 2.06. The van der Waals surface area contributed by atoms with Crippen molar-refractivity contribution in [3.8, 4) is 0 Å². The molecular weight excluding hydrogens is 82.0 g/mol. The third-order valence-corrected chi connectivity index (χ3v) is 0.705. The summed E-state index contributed by atoms with van der Waals surface area (Å²) in [6, 6.07) is 0. The summed E-state index contributed by atoms with van der Waals surface area (Å²) in [6.45, 7) is 1.34. The smallest absolute Gasteiger partial charge is 0.302 e. The molecule has 1 saturated heterocycles. The first kappa shape index (κ1) is 3.46. The van der Waals surface area contributed by atoms with Crippen LogP contribution in [0.15, 0.2) is 0 Å². The van der Waals surface area contributed by atoms with Crippen LogP contribution >= 0.6 is 0 Å². The summed E-state index contributed by atoms with van der Waals surface area (Å²) in [5.74, 6) is 0. The van der Waals surface area contributed by atoms with Crippen molar-refractivity contribution in [2.75, 3.05) is 13.1 Å². The summed E-state index contributed by atoms with van der Waals surface area (Å²) in [4.78, 5) is 10.8. The Balaban J connectivity index is 2.31. The van der Waals surface area contributed by atoms with Crippen LogP contribution in [-0.4, -0.2) is 24.1 Å². The second-order valence-corrected chi connectivity index (χ2v) is 1.25. The molecule has 0 bridgehead atoms. The lowest BCUT2D eigenvalue weighted by Crippen LogP contribution is -2.02. The van der Waals surface area contributed by atoms with E-state index in [1.54, 1.807) is 0 Å². The number of hydrogen-bond donors (Lipinski definition) is 0. The number of hydrogen-bond acceptors (Lipinski definition) is 1. The minimum Gasteiger partial charge on any atom is -0.302 e. The van der Waals surface area contributed by atoms with Gasteiger partial charge in [-0.25, -0.2) is 9.90 Å². The quantitative estimate of drug-likeness (QED) is 0.378. The number of carbonyl (C=O) groups excluding carboxylic acids is 1. The lowest BCUT2D eigenvalue weighted by Gasteiger charge is -1.79. The van der Waals surface area contributed by atoms with Gasteiger partial charge in [0.05, 0.1) is 0 Å². The van der Waals surface area contributed by atoms with Gasteiger partial charge in [0.15, 0.2) is 0 Å². The molecular formula is C3H4NO2. The molecule has 0 atom stereocenters. The Morgan fingerprint density at radius 1 is 1.50 bits per heavy atom. The third-order valence-electron chi connectivity index (χ3n) is 0.705. The van der Waals surface area contributed by atoms with Gasteiger partial charge in [0.2, 0.25) is 0 Å². The Bertz CT molecular complexity index is 76.9. The Morgan fingerprint density at radius 3 is 2.00 bits per heavy atom. The lowest BCUT2D eigenvalue weighted by atomic mass is 11.0. The summed E-state index contributed by atoms with van der Waals surface area (Å²) in [7, 11) is 0. The van der Waals surface area contributed by atoms with E-state index in [-0.39, 0.29) is 0 Å². The van der Waals surface area contributed by atoms with Gasteiger partial charge in [-0.05, 0) is 0 Å². The van der Waals surface area contributed by atoms with E-state index in [0.717, 1.165) is 0 Å². The highest BCUT2D eigenvalue weighted by atomic mass is 16.4. The molecule has 0 aromatic carbocycles. The predicted molar refractivity (Wildman–Crippen MR) is 17.7 cm³/mol. The van der Waals surface area contributed by atoms with Gasteiger partial charge >= 0.3 is 6.09 Å². The molecule has 1 fully saturated rings.